The molecule has 1 rings (SSSR count). The molecule has 1 radical (unpaired) electrons. The van der Waals surface area contributed by atoms with Crippen LogP contribution in [0.3, 0.4) is 0 Å². The van der Waals surface area contributed by atoms with E-state index in [2.05, 4.69) is 6.92 Å². The van der Waals surface area contributed by atoms with Crippen molar-refractivity contribution in [1.82, 2.24) is 0 Å². The second kappa shape index (κ2) is 14.0. The van der Waals surface area contributed by atoms with Gasteiger partial charge in [-0.05, 0) is 25.2 Å². The van der Waals surface area contributed by atoms with E-state index in [0.717, 1.165) is 0 Å². The van der Waals surface area contributed by atoms with Crippen LogP contribution in [0, 0.1) is 5.92 Å². The van der Waals surface area contributed by atoms with E-state index in [9.17, 15) is 0 Å². The normalized spacial score (nSPS) is 16.1. The third-order valence-corrected chi connectivity index (χ3v) is 4.94. The Hall–Kier alpha value is 0. The van der Waals surface area contributed by atoms with Gasteiger partial charge in [0.1, 0.15) is 0 Å². The van der Waals surface area contributed by atoms with Gasteiger partial charge in [-0.2, -0.15) is 0 Å². The van der Waals surface area contributed by atoms with Gasteiger partial charge in [-0.1, -0.05) is 103 Å². The Morgan fingerprint density at radius 3 is 1.40 bits per heavy atom. The van der Waals surface area contributed by atoms with Crippen molar-refractivity contribution in [3.05, 3.63) is 5.92 Å². The van der Waals surface area contributed by atoms with Crippen LogP contribution in [0.15, 0.2) is 0 Å². The molecule has 1 aliphatic rings. The fourth-order valence-corrected chi connectivity index (χ4v) is 3.52. The minimum absolute atomic E-state index is 1.37. The Bertz CT molecular complexity index is 178. The van der Waals surface area contributed by atoms with Gasteiger partial charge in [-0.25, -0.2) is 0 Å². The zero-order valence-electron chi connectivity index (χ0n) is 14.2. The van der Waals surface area contributed by atoms with Crippen LogP contribution in [0.25, 0.3) is 0 Å². The van der Waals surface area contributed by atoms with Crippen LogP contribution < -0.4 is 0 Å². The van der Waals surface area contributed by atoms with Crippen molar-refractivity contribution in [3.63, 3.8) is 0 Å². The standard InChI is InChI=1S/C20H39/c1-2-3-4-5-6-7-8-9-10-11-12-13-14-17-20-18-15-16-19-20/h2-19H2,1H3. The van der Waals surface area contributed by atoms with Crippen molar-refractivity contribution < 1.29 is 0 Å². The maximum atomic E-state index is 2.30. The highest BCUT2D eigenvalue weighted by Crippen LogP contribution is 2.31. The molecule has 0 aromatic carbocycles. The number of hydrogen-bond donors (Lipinski definition) is 0. The molecule has 0 nitrogen and oxygen atoms in total. The molecular weight excluding hydrogens is 240 g/mol. The van der Waals surface area contributed by atoms with Crippen LogP contribution in [-0.2, 0) is 0 Å². The Morgan fingerprint density at radius 2 is 0.950 bits per heavy atom. The minimum atomic E-state index is 1.37. The van der Waals surface area contributed by atoms with Crippen molar-refractivity contribution in [2.45, 2.75) is 122 Å². The predicted molar refractivity (Wildman–Crippen MR) is 92.0 cm³/mol. The van der Waals surface area contributed by atoms with E-state index in [0.29, 0.717) is 0 Å². The van der Waals surface area contributed by atoms with Crippen molar-refractivity contribution in [2.24, 2.45) is 0 Å². The summed E-state index contributed by atoms with van der Waals surface area (Å²) in [7, 11) is 0. The van der Waals surface area contributed by atoms with Gasteiger partial charge in [0.25, 0.3) is 0 Å². The van der Waals surface area contributed by atoms with E-state index in [-0.39, 0.29) is 0 Å². The van der Waals surface area contributed by atoms with Crippen LogP contribution in [0.1, 0.15) is 122 Å². The van der Waals surface area contributed by atoms with Gasteiger partial charge in [0, 0.05) is 0 Å². The monoisotopic (exact) mass is 279 g/mol. The summed E-state index contributed by atoms with van der Waals surface area (Å²) in [4.78, 5) is 0. The Kier molecular flexibility index (Phi) is 12.6. The van der Waals surface area contributed by atoms with E-state index in [1.165, 1.54) is 116 Å². The maximum absolute atomic E-state index is 2.30. The van der Waals surface area contributed by atoms with Crippen molar-refractivity contribution in [2.75, 3.05) is 0 Å². The quantitative estimate of drug-likeness (QED) is 0.287. The predicted octanol–water partition coefficient (Wildman–Crippen LogP) is 7.62. The maximum Gasteiger partial charge on any atom is -0.0241 e. The van der Waals surface area contributed by atoms with Crippen LogP contribution in [0.2, 0.25) is 0 Å². The molecule has 20 heavy (non-hydrogen) atoms. The first-order chi connectivity index (χ1) is 9.93. The second-order valence-corrected chi connectivity index (χ2v) is 6.95. The van der Waals surface area contributed by atoms with Crippen molar-refractivity contribution in [1.29, 1.82) is 0 Å². The first-order valence-corrected chi connectivity index (χ1v) is 9.77. The molecule has 1 saturated carbocycles. The summed E-state index contributed by atoms with van der Waals surface area (Å²) in [5.41, 5.74) is 0. The Morgan fingerprint density at radius 1 is 0.550 bits per heavy atom. The summed E-state index contributed by atoms with van der Waals surface area (Å²) in [6.45, 7) is 2.30. The molecule has 1 aliphatic carbocycles. The first kappa shape index (κ1) is 18.1. The third-order valence-electron chi connectivity index (χ3n) is 4.94. The highest BCUT2D eigenvalue weighted by atomic mass is 14.2. The van der Waals surface area contributed by atoms with Gasteiger partial charge in [0.05, 0.1) is 0 Å². The lowest BCUT2D eigenvalue weighted by molar-refractivity contribution is 0.535. The van der Waals surface area contributed by atoms with Crippen LogP contribution in [0.5, 0.6) is 0 Å². The molecular formula is C20H39. The molecule has 0 aliphatic heterocycles. The summed E-state index contributed by atoms with van der Waals surface area (Å²) in [6, 6.07) is 0. The molecule has 0 aromatic rings. The summed E-state index contributed by atoms with van der Waals surface area (Å²) in [5.74, 6) is 1.88. The van der Waals surface area contributed by atoms with Gasteiger partial charge in [0.2, 0.25) is 0 Å². The average molecular weight is 280 g/mol. The molecule has 0 unspecified atom stereocenters. The van der Waals surface area contributed by atoms with Crippen molar-refractivity contribution in [3.8, 4) is 0 Å². The van der Waals surface area contributed by atoms with E-state index >= 15 is 0 Å². The Labute approximate surface area is 129 Å². The summed E-state index contributed by atoms with van der Waals surface area (Å²) < 4.78 is 0. The zero-order chi connectivity index (χ0) is 14.3. The first-order valence-electron chi connectivity index (χ1n) is 9.77. The molecule has 119 valence electrons. The van der Waals surface area contributed by atoms with Crippen LogP contribution >= 0.6 is 0 Å². The largest absolute Gasteiger partial charge is 0.0654 e. The van der Waals surface area contributed by atoms with Crippen LogP contribution in [-0.4, -0.2) is 0 Å². The van der Waals surface area contributed by atoms with Gasteiger partial charge in [-0.3, -0.25) is 0 Å². The molecule has 0 aromatic heterocycles. The minimum Gasteiger partial charge on any atom is -0.0654 e. The molecule has 0 heterocycles. The molecule has 0 N–H and O–H groups in total. The summed E-state index contributed by atoms with van der Waals surface area (Å²) >= 11 is 0. The molecule has 0 amide bonds. The molecule has 0 heteroatoms. The molecule has 0 bridgehead atoms. The Balaban J connectivity index is 1.66. The number of unbranched alkanes of at least 4 members (excludes halogenated alkanes) is 12. The van der Waals surface area contributed by atoms with Crippen molar-refractivity contribution >= 4 is 0 Å². The lowest BCUT2D eigenvalue weighted by Gasteiger charge is -2.07. The fraction of sp³-hybridized carbons (Fsp3) is 0.950. The molecule has 1 fully saturated rings. The molecule has 0 saturated heterocycles. The number of rotatable bonds is 14. The lowest BCUT2D eigenvalue weighted by Crippen LogP contribution is -1.90. The van der Waals surface area contributed by atoms with E-state index in [1.807, 2.05) is 5.92 Å². The third kappa shape index (κ3) is 10.7. The SMILES string of the molecule is CCCCCCCCCCCCCCC[C]1CCCC1. The highest BCUT2D eigenvalue weighted by Gasteiger charge is 2.14. The summed E-state index contributed by atoms with van der Waals surface area (Å²) in [6.07, 6.45) is 26.5. The molecule has 0 spiro atoms. The van der Waals surface area contributed by atoms with Gasteiger partial charge in [-0.15, -0.1) is 0 Å². The van der Waals surface area contributed by atoms with Crippen LogP contribution in [0.4, 0.5) is 0 Å². The van der Waals surface area contributed by atoms with Gasteiger partial charge in [0.15, 0.2) is 0 Å². The number of hydrogen-bond acceptors (Lipinski definition) is 0. The van der Waals surface area contributed by atoms with E-state index < -0.39 is 0 Å². The topological polar surface area (TPSA) is 0 Å². The second-order valence-electron chi connectivity index (χ2n) is 6.95. The van der Waals surface area contributed by atoms with E-state index in [4.69, 9.17) is 0 Å². The highest BCUT2D eigenvalue weighted by molar-refractivity contribution is 4.93. The average Bonchev–Trinajstić information content (AvgIpc) is 2.97. The zero-order valence-corrected chi connectivity index (χ0v) is 14.2. The fourth-order valence-electron chi connectivity index (χ4n) is 3.52. The smallest absolute Gasteiger partial charge is 0.0241 e. The van der Waals surface area contributed by atoms with Gasteiger partial charge >= 0.3 is 0 Å². The molecule has 0 atom stereocenters. The summed E-state index contributed by atoms with van der Waals surface area (Å²) in [5, 5.41) is 0. The lowest BCUT2D eigenvalue weighted by atomic mass is 9.99. The van der Waals surface area contributed by atoms with Gasteiger partial charge < -0.3 is 0 Å². The van der Waals surface area contributed by atoms with E-state index in [1.54, 1.807) is 0 Å².